The molecule has 0 spiro atoms. The second kappa shape index (κ2) is 5.49. The Kier molecular flexibility index (Phi) is 4.13. The summed E-state index contributed by atoms with van der Waals surface area (Å²) >= 11 is 0. The lowest BCUT2D eigenvalue weighted by atomic mass is 9.73. The first-order valence-electron chi connectivity index (χ1n) is 6.48. The van der Waals surface area contributed by atoms with Crippen LogP contribution < -0.4 is 5.73 Å². The van der Waals surface area contributed by atoms with Crippen LogP contribution in [0, 0.1) is 17.7 Å². The Bertz CT molecular complexity index is 430. The zero-order valence-electron chi connectivity index (χ0n) is 10.5. The van der Waals surface area contributed by atoms with E-state index in [1.807, 2.05) is 0 Å². The van der Waals surface area contributed by atoms with Gasteiger partial charge in [-0.15, -0.1) is 0 Å². The van der Waals surface area contributed by atoms with Crippen LogP contribution in [-0.4, -0.2) is 6.18 Å². The Hall–Kier alpha value is -1.10. The fraction of sp³-hybridized carbons (Fsp3) is 0.571. The molecule has 2 rings (SSSR count). The number of rotatable bonds is 2. The zero-order valence-corrected chi connectivity index (χ0v) is 10.5. The highest BCUT2D eigenvalue weighted by molar-refractivity contribution is 5.22. The molecule has 1 aliphatic carbocycles. The molecule has 1 fully saturated rings. The van der Waals surface area contributed by atoms with E-state index in [0.717, 1.165) is 6.42 Å². The summed E-state index contributed by atoms with van der Waals surface area (Å²) in [6.07, 6.45) is -2.48. The van der Waals surface area contributed by atoms with Crippen molar-refractivity contribution in [2.24, 2.45) is 17.6 Å². The lowest BCUT2D eigenvalue weighted by Crippen LogP contribution is -2.39. The predicted octanol–water partition coefficient (Wildman–Crippen LogP) is 4.19. The summed E-state index contributed by atoms with van der Waals surface area (Å²) in [4.78, 5) is 0. The molecule has 19 heavy (non-hydrogen) atoms. The molecular formula is C14H17F4N. The van der Waals surface area contributed by atoms with Gasteiger partial charge in [-0.2, -0.15) is 13.2 Å². The van der Waals surface area contributed by atoms with Gasteiger partial charge in [0.05, 0.1) is 5.92 Å². The highest BCUT2D eigenvalue weighted by atomic mass is 19.4. The Morgan fingerprint density at radius 3 is 2.37 bits per heavy atom. The van der Waals surface area contributed by atoms with E-state index >= 15 is 0 Å². The largest absolute Gasteiger partial charge is 0.392 e. The molecule has 3 atom stereocenters. The molecular weight excluding hydrogens is 258 g/mol. The van der Waals surface area contributed by atoms with Crippen LogP contribution >= 0.6 is 0 Å². The highest BCUT2D eigenvalue weighted by Gasteiger charge is 2.47. The summed E-state index contributed by atoms with van der Waals surface area (Å²) in [6.45, 7) is 0. The van der Waals surface area contributed by atoms with Gasteiger partial charge in [-0.3, -0.25) is 0 Å². The van der Waals surface area contributed by atoms with Crippen molar-refractivity contribution in [2.75, 3.05) is 0 Å². The normalized spacial score (nSPS) is 26.2. The fourth-order valence-corrected chi connectivity index (χ4v) is 2.97. The van der Waals surface area contributed by atoms with E-state index in [9.17, 15) is 17.6 Å². The molecule has 1 aromatic carbocycles. The van der Waals surface area contributed by atoms with Crippen molar-refractivity contribution in [1.29, 1.82) is 0 Å². The highest BCUT2D eigenvalue weighted by Crippen LogP contribution is 2.45. The van der Waals surface area contributed by atoms with E-state index < -0.39 is 29.9 Å². The van der Waals surface area contributed by atoms with Crippen molar-refractivity contribution in [3.8, 4) is 0 Å². The SMILES string of the molecule is NC(c1ccccc1F)C1CCCCC1C(F)(F)F. The van der Waals surface area contributed by atoms with Gasteiger partial charge in [0, 0.05) is 11.6 Å². The molecule has 0 radical (unpaired) electrons. The molecule has 1 saturated carbocycles. The molecule has 1 aliphatic rings. The van der Waals surface area contributed by atoms with Gasteiger partial charge in [0.15, 0.2) is 0 Å². The first-order chi connectivity index (χ1) is 8.91. The van der Waals surface area contributed by atoms with Gasteiger partial charge >= 0.3 is 6.18 Å². The standard InChI is InChI=1S/C14H17F4N/c15-12-8-4-2-6-10(12)13(19)9-5-1-3-7-11(9)14(16,17)18/h2,4,6,8-9,11,13H,1,3,5,7,19H2. The topological polar surface area (TPSA) is 26.0 Å². The molecule has 106 valence electrons. The zero-order chi connectivity index (χ0) is 14.0. The number of hydrogen-bond acceptors (Lipinski definition) is 1. The lowest BCUT2D eigenvalue weighted by Gasteiger charge is -2.36. The quantitative estimate of drug-likeness (QED) is 0.804. The molecule has 5 heteroatoms. The van der Waals surface area contributed by atoms with E-state index in [0.29, 0.717) is 12.8 Å². The van der Waals surface area contributed by atoms with E-state index in [1.54, 1.807) is 6.07 Å². The maximum Gasteiger partial charge on any atom is 0.392 e. The van der Waals surface area contributed by atoms with Crippen molar-refractivity contribution in [1.82, 2.24) is 0 Å². The number of alkyl halides is 3. The summed E-state index contributed by atoms with van der Waals surface area (Å²) in [5, 5.41) is 0. The van der Waals surface area contributed by atoms with Crippen LogP contribution in [0.5, 0.6) is 0 Å². The van der Waals surface area contributed by atoms with E-state index in [2.05, 4.69) is 0 Å². The number of halogens is 4. The molecule has 0 saturated heterocycles. The Morgan fingerprint density at radius 2 is 1.74 bits per heavy atom. The summed E-state index contributed by atoms with van der Waals surface area (Å²) in [5.41, 5.74) is 6.10. The Morgan fingerprint density at radius 1 is 1.11 bits per heavy atom. The minimum absolute atomic E-state index is 0.0936. The second-order valence-electron chi connectivity index (χ2n) is 5.14. The van der Waals surface area contributed by atoms with E-state index in [4.69, 9.17) is 5.73 Å². The average molecular weight is 275 g/mol. The molecule has 0 aromatic heterocycles. The molecule has 0 heterocycles. The van der Waals surface area contributed by atoms with Crippen molar-refractivity contribution < 1.29 is 17.6 Å². The molecule has 1 nitrogen and oxygen atoms in total. The first kappa shape index (κ1) is 14.3. The van der Waals surface area contributed by atoms with E-state index in [1.165, 1.54) is 18.2 Å². The molecule has 0 amide bonds. The van der Waals surface area contributed by atoms with Gasteiger partial charge < -0.3 is 5.73 Å². The Labute approximate surface area is 109 Å². The van der Waals surface area contributed by atoms with Crippen molar-refractivity contribution >= 4 is 0 Å². The van der Waals surface area contributed by atoms with Gasteiger partial charge in [0.25, 0.3) is 0 Å². The third-order valence-electron chi connectivity index (χ3n) is 3.97. The van der Waals surface area contributed by atoms with Crippen LogP contribution in [0.15, 0.2) is 24.3 Å². The number of nitrogens with two attached hydrogens (primary N) is 1. The molecule has 0 bridgehead atoms. The van der Waals surface area contributed by atoms with Crippen molar-refractivity contribution in [3.63, 3.8) is 0 Å². The minimum atomic E-state index is -4.26. The van der Waals surface area contributed by atoms with Gasteiger partial charge in [-0.25, -0.2) is 4.39 Å². The number of benzene rings is 1. The van der Waals surface area contributed by atoms with Crippen LogP contribution in [0.25, 0.3) is 0 Å². The van der Waals surface area contributed by atoms with Crippen LogP contribution in [0.4, 0.5) is 17.6 Å². The summed E-state index contributed by atoms with van der Waals surface area (Å²) < 4.78 is 52.7. The molecule has 1 aromatic rings. The van der Waals surface area contributed by atoms with Gasteiger partial charge in [-0.05, 0) is 24.8 Å². The van der Waals surface area contributed by atoms with Gasteiger partial charge in [0.2, 0.25) is 0 Å². The first-order valence-corrected chi connectivity index (χ1v) is 6.48. The lowest BCUT2D eigenvalue weighted by molar-refractivity contribution is -0.198. The Balaban J connectivity index is 2.25. The third kappa shape index (κ3) is 3.08. The third-order valence-corrected chi connectivity index (χ3v) is 3.97. The number of hydrogen-bond donors (Lipinski definition) is 1. The summed E-state index contributed by atoms with van der Waals surface area (Å²) in [7, 11) is 0. The van der Waals surface area contributed by atoms with E-state index in [-0.39, 0.29) is 12.0 Å². The average Bonchev–Trinajstić information content (AvgIpc) is 2.37. The maximum atomic E-state index is 13.7. The van der Waals surface area contributed by atoms with Gasteiger partial charge in [-0.1, -0.05) is 31.0 Å². The van der Waals surface area contributed by atoms with Crippen LogP contribution in [-0.2, 0) is 0 Å². The van der Waals surface area contributed by atoms with Crippen LogP contribution in [0.2, 0.25) is 0 Å². The van der Waals surface area contributed by atoms with Crippen LogP contribution in [0.1, 0.15) is 37.3 Å². The molecule has 3 unspecified atom stereocenters. The van der Waals surface area contributed by atoms with Crippen molar-refractivity contribution in [3.05, 3.63) is 35.6 Å². The van der Waals surface area contributed by atoms with Crippen LogP contribution in [0.3, 0.4) is 0 Å². The van der Waals surface area contributed by atoms with Crippen molar-refractivity contribution in [2.45, 2.75) is 37.9 Å². The van der Waals surface area contributed by atoms with Gasteiger partial charge in [0.1, 0.15) is 5.82 Å². The predicted molar refractivity (Wildman–Crippen MR) is 64.8 cm³/mol. The smallest absolute Gasteiger partial charge is 0.324 e. The summed E-state index contributed by atoms with van der Waals surface area (Å²) in [6, 6.07) is 4.92. The minimum Gasteiger partial charge on any atom is -0.324 e. The summed E-state index contributed by atoms with van der Waals surface area (Å²) in [5.74, 6) is -2.68. The fourth-order valence-electron chi connectivity index (χ4n) is 2.97. The molecule has 2 N–H and O–H groups in total. The monoisotopic (exact) mass is 275 g/mol. The molecule has 0 aliphatic heterocycles. The maximum absolute atomic E-state index is 13.7. The second-order valence-corrected chi connectivity index (χ2v) is 5.14.